The van der Waals surface area contributed by atoms with Gasteiger partial charge in [0.1, 0.15) is 0 Å². The van der Waals surface area contributed by atoms with E-state index in [0.717, 1.165) is 31.0 Å². The monoisotopic (exact) mass is 356 g/mol. The van der Waals surface area contributed by atoms with Crippen LogP contribution >= 0.6 is 15.9 Å². The average molecular weight is 357 g/mol. The van der Waals surface area contributed by atoms with E-state index in [1.807, 2.05) is 4.72 Å². The van der Waals surface area contributed by atoms with Gasteiger partial charge in [-0.3, -0.25) is 0 Å². The highest BCUT2D eigenvalue weighted by Gasteiger charge is 2.25. The molecule has 0 heterocycles. The van der Waals surface area contributed by atoms with Crippen LogP contribution in [-0.2, 0) is 14.9 Å². The maximum Gasteiger partial charge on any atom is 0.422 e. The molecule has 2 N–H and O–H groups in total. The lowest BCUT2D eigenvalue weighted by atomic mass is 9.88. The van der Waals surface area contributed by atoms with Gasteiger partial charge in [-0.15, -0.1) is 0 Å². The van der Waals surface area contributed by atoms with Crippen LogP contribution in [0.15, 0.2) is 0 Å². The predicted octanol–water partition coefficient (Wildman–Crippen LogP) is 1.91. The molecule has 8 heteroatoms. The molecule has 1 fully saturated rings. The van der Waals surface area contributed by atoms with E-state index in [2.05, 4.69) is 20.7 Å². The zero-order chi connectivity index (χ0) is 14.5. The highest BCUT2D eigenvalue weighted by Crippen LogP contribution is 2.25. The lowest BCUT2D eigenvalue weighted by Crippen LogP contribution is -2.46. The van der Waals surface area contributed by atoms with Gasteiger partial charge in [0, 0.05) is 11.4 Å². The molecule has 0 atom stereocenters. The summed E-state index contributed by atoms with van der Waals surface area (Å²) in [4.78, 5) is 11.3. The highest BCUT2D eigenvalue weighted by molar-refractivity contribution is 9.09. The number of ether oxygens (including phenoxy) is 1. The number of amides is 1. The largest absolute Gasteiger partial charge is 0.446 e. The van der Waals surface area contributed by atoms with E-state index in [1.165, 1.54) is 0 Å². The minimum atomic E-state index is -3.84. The Labute approximate surface area is 123 Å². The van der Waals surface area contributed by atoms with E-state index in [-0.39, 0.29) is 12.1 Å². The number of nitrogens with one attached hydrogen (secondary N) is 2. The van der Waals surface area contributed by atoms with Gasteiger partial charge in [0.05, 0.1) is 6.10 Å². The van der Waals surface area contributed by atoms with Crippen molar-refractivity contribution in [2.24, 2.45) is 5.92 Å². The van der Waals surface area contributed by atoms with Crippen molar-refractivity contribution in [2.75, 3.05) is 5.33 Å². The van der Waals surface area contributed by atoms with Gasteiger partial charge >= 0.3 is 16.3 Å². The van der Waals surface area contributed by atoms with Gasteiger partial charge in [0.15, 0.2) is 0 Å². The SMILES string of the molecule is CC(C)OC(=O)NS(=O)(=O)NC1CCC(CBr)CC1. The summed E-state index contributed by atoms with van der Waals surface area (Å²) < 4.78 is 32.5. The first-order valence-corrected chi connectivity index (χ1v) is 8.99. The van der Waals surface area contributed by atoms with Gasteiger partial charge in [-0.2, -0.15) is 13.1 Å². The van der Waals surface area contributed by atoms with Crippen LogP contribution in [0.25, 0.3) is 0 Å². The first kappa shape index (κ1) is 16.7. The van der Waals surface area contributed by atoms with Gasteiger partial charge in [-0.25, -0.2) is 9.52 Å². The van der Waals surface area contributed by atoms with Crippen molar-refractivity contribution in [1.82, 2.24) is 9.44 Å². The molecule has 1 aliphatic rings. The number of carbonyl (C=O) groups excluding carboxylic acids is 1. The average Bonchev–Trinajstić information content (AvgIpc) is 2.27. The molecule has 0 saturated heterocycles. The van der Waals surface area contributed by atoms with Gasteiger partial charge in [0.25, 0.3) is 0 Å². The fourth-order valence-corrected chi connectivity index (χ4v) is 3.68. The van der Waals surface area contributed by atoms with E-state index >= 15 is 0 Å². The molecule has 1 saturated carbocycles. The number of alkyl halides is 1. The predicted molar refractivity (Wildman–Crippen MR) is 76.3 cm³/mol. The summed E-state index contributed by atoms with van der Waals surface area (Å²) in [5.74, 6) is 0.611. The summed E-state index contributed by atoms with van der Waals surface area (Å²) >= 11 is 3.44. The zero-order valence-electron chi connectivity index (χ0n) is 11.2. The van der Waals surface area contributed by atoms with Gasteiger partial charge in [-0.1, -0.05) is 15.9 Å². The Morgan fingerprint density at radius 1 is 1.32 bits per heavy atom. The first-order valence-electron chi connectivity index (χ1n) is 6.39. The lowest BCUT2D eigenvalue weighted by molar-refractivity contribution is 0.121. The molecule has 0 aliphatic heterocycles. The highest BCUT2D eigenvalue weighted by atomic mass is 79.9. The molecule has 0 spiro atoms. The Balaban J connectivity index is 2.41. The van der Waals surface area contributed by atoms with Gasteiger partial charge in [-0.05, 0) is 45.4 Å². The topological polar surface area (TPSA) is 84.5 Å². The van der Waals surface area contributed by atoms with E-state index in [0.29, 0.717) is 5.92 Å². The maximum absolute atomic E-state index is 11.7. The first-order chi connectivity index (χ1) is 8.82. The summed E-state index contributed by atoms with van der Waals surface area (Å²) in [7, 11) is -3.84. The summed E-state index contributed by atoms with van der Waals surface area (Å²) in [6.45, 7) is 3.31. The molecular weight excluding hydrogens is 336 g/mol. The molecule has 0 aromatic carbocycles. The summed E-state index contributed by atoms with van der Waals surface area (Å²) in [5.41, 5.74) is 0. The lowest BCUT2D eigenvalue weighted by Gasteiger charge is -2.27. The summed E-state index contributed by atoms with van der Waals surface area (Å²) in [6, 6.07) is -0.111. The third kappa shape index (κ3) is 6.58. The van der Waals surface area contributed by atoms with Crippen molar-refractivity contribution in [2.45, 2.75) is 51.7 Å². The van der Waals surface area contributed by atoms with Crippen LogP contribution in [0.5, 0.6) is 0 Å². The Hall–Kier alpha value is -0.340. The Kier molecular flexibility index (Phi) is 6.55. The molecule has 6 nitrogen and oxygen atoms in total. The molecule has 0 aromatic rings. The van der Waals surface area contributed by atoms with Crippen molar-refractivity contribution in [3.8, 4) is 0 Å². The maximum atomic E-state index is 11.7. The molecular formula is C11H21BrN2O4S. The zero-order valence-corrected chi connectivity index (χ0v) is 13.6. The van der Waals surface area contributed by atoms with Crippen LogP contribution in [0.1, 0.15) is 39.5 Å². The van der Waals surface area contributed by atoms with Crippen LogP contribution in [0.2, 0.25) is 0 Å². The third-order valence-corrected chi connectivity index (χ3v) is 4.94. The normalized spacial score (nSPS) is 24.2. The molecule has 19 heavy (non-hydrogen) atoms. The molecule has 0 radical (unpaired) electrons. The molecule has 1 amide bonds. The Morgan fingerprint density at radius 3 is 2.37 bits per heavy atom. The smallest absolute Gasteiger partial charge is 0.422 e. The molecule has 1 aliphatic carbocycles. The van der Waals surface area contributed by atoms with Gasteiger partial charge in [0.2, 0.25) is 0 Å². The Bertz CT molecular complexity index is 391. The quantitative estimate of drug-likeness (QED) is 0.736. The number of hydrogen-bond donors (Lipinski definition) is 2. The van der Waals surface area contributed by atoms with Crippen LogP contribution in [0, 0.1) is 5.92 Å². The van der Waals surface area contributed by atoms with Crippen LogP contribution < -0.4 is 9.44 Å². The van der Waals surface area contributed by atoms with Crippen LogP contribution in [0.3, 0.4) is 0 Å². The second-order valence-corrected chi connectivity index (χ2v) is 7.14. The van der Waals surface area contributed by atoms with E-state index < -0.39 is 16.3 Å². The number of hydrogen-bond acceptors (Lipinski definition) is 4. The number of carbonyl (C=O) groups is 1. The molecule has 112 valence electrons. The fourth-order valence-electron chi connectivity index (χ4n) is 2.03. The number of halogens is 1. The summed E-state index contributed by atoms with van der Waals surface area (Å²) in [6.07, 6.45) is 2.23. The third-order valence-electron chi connectivity index (χ3n) is 2.95. The van der Waals surface area contributed by atoms with Crippen molar-refractivity contribution in [1.29, 1.82) is 0 Å². The van der Waals surface area contributed by atoms with Crippen molar-refractivity contribution >= 4 is 32.2 Å². The number of rotatable bonds is 5. The van der Waals surface area contributed by atoms with E-state index in [9.17, 15) is 13.2 Å². The van der Waals surface area contributed by atoms with Crippen molar-refractivity contribution in [3.63, 3.8) is 0 Å². The standard InChI is InChI=1S/C11H21BrN2O4S/c1-8(2)18-11(15)14-19(16,17)13-10-5-3-9(7-12)4-6-10/h8-10,13H,3-7H2,1-2H3,(H,14,15). The minimum Gasteiger partial charge on any atom is -0.446 e. The second kappa shape index (κ2) is 7.44. The van der Waals surface area contributed by atoms with Crippen molar-refractivity contribution in [3.05, 3.63) is 0 Å². The fraction of sp³-hybridized carbons (Fsp3) is 0.909. The Morgan fingerprint density at radius 2 is 1.89 bits per heavy atom. The molecule has 0 aromatic heterocycles. The van der Waals surface area contributed by atoms with Crippen molar-refractivity contribution < 1.29 is 17.9 Å². The van der Waals surface area contributed by atoms with Crippen LogP contribution in [-0.4, -0.2) is 32.0 Å². The van der Waals surface area contributed by atoms with E-state index in [4.69, 9.17) is 4.74 Å². The molecule has 0 bridgehead atoms. The molecule has 1 rings (SSSR count). The van der Waals surface area contributed by atoms with Gasteiger partial charge < -0.3 is 4.74 Å². The van der Waals surface area contributed by atoms with E-state index in [1.54, 1.807) is 13.8 Å². The minimum absolute atomic E-state index is 0.111. The second-order valence-electron chi connectivity index (χ2n) is 5.05. The summed E-state index contributed by atoms with van der Waals surface area (Å²) in [5, 5.41) is 0.950. The van der Waals surface area contributed by atoms with Crippen LogP contribution in [0.4, 0.5) is 4.79 Å². The molecule has 0 unspecified atom stereocenters.